The Hall–Kier alpha value is -2.57. The van der Waals surface area contributed by atoms with Crippen LogP contribution in [0.2, 0.25) is 0 Å². The van der Waals surface area contributed by atoms with Gasteiger partial charge in [0.15, 0.2) is 0 Å². The maximum Gasteiger partial charge on any atom is 0.352 e. The van der Waals surface area contributed by atoms with Crippen LogP contribution in [-0.4, -0.2) is 30.7 Å². The van der Waals surface area contributed by atoms with Crippen molar-refractivity contribution in [1.29, 1.82) is 0 Å². The van der Waals surface area contributed by atoms with Crippen molar-refractivity contribution >= 4 is 22.7 Å². The number of aromatic nitrogens is 4. The zero-order valence-corrected chi connectivity index (χ0v) is 15.3. The summed E-state index contributed by atoms with van der Waals surface area (Å²) in [5, 5.41) is 7.62. The predicted molar refractivity (Wildman–Crippen MR) is 100 cm³/mol. The van der Waals surface area contributed by atoms with E-state index in [1.807, 2.05) is 35.8 Å². The molecule has 1 saturated carbocycles. The molecule has 0 aliphatic heterocycles. The number of carbonyl (C=O) groups is 1. The molecule has 1 N–H and O–H groups in total. The van der Waals surface area contributed by atoms with Crippen LogP contribution >= 0.6 is 0 Å². The fourth-order valence-electron chi connectivity index (χ4n) is 4.06. The molecule has 1 aromatic carbocycles. The van der Waals surface area contributed by atoms with Crippen LogP contribution in [0.5, 0.6) is 0 Å². The molecule has 26 heavy (non-hydrogen) atoms. The molecule has 0 spiro atoms. The van der Waals surface area contributed by atoms with Gasteiger partial charge in [0, 0.05) is 12.6 Å². The lowest BCUT2D eigenvalue weighted by Gasteiger charge is -2.29. The molecule has 1 fully saturated rings. The second kappa shape index (κ2) is 6.63. The van der Waals surface area contributed by atoms with Gasteiger partial charge in [0.05, 0.1) is 11.0 Å². The lowest BCUT2D eigenvalue weighted by molar-refractivity contribution is -0.122. The number of rotatable bonds is 4. The van der Waals surface area contributed by atoms with E-state index in [1.54, 1.807) is 4.40 Å². The summed E-state index contributed by atoms with van der Waals surface area (Å²) in [6, 6.07) is 7.87. The van der Waals surface area contributed by atoms with E-state index >= 15 is 0 Å². The van der Waals surface area contributed by atoms with Gasteiger partial charge < -0.3 is 5.32 Å². The number of nitrogens with zero attached hydrogens (tertiary/aromatic N) is 4. The number of nitrogens with one attached hydrogen (secondary N) is 1. The second-order valence-electron chi connectivity index (χ2n) is 7.24. The minimum atomic E-state index is -0.168. The van der Waals surface area contributed by atoms with E-state index < -0.39 is 0 Å². The molecule has 2 atom stereocenters. The van der Waals surface area contributed by atoms with E-state index in [0.717, 1.165) is 23.9 Å². The van der Waals surface area contributed by atoms with Crippen molar-refractivity contribution in [2.24, 2.45) is 5.92 Å². The van der Waals surface area contributed by atoms with Gasteiger partial charge in [-0.2, -0.15) is 0 Å². The van der Waals surface area contributed by atoms with Crippen molar-refractivity contribution in [3.8, 4) is 0 Å². The first-order valence-corrected chi connectivity index (χ1v) is 9.46. The minimum Gasteiger partial charge on any atom is -0.352 e. The number of carbonyl (C=O) groups excluding carboxylic acids is 1. The fraction of sp³-hybridized carbons (Fsp3) is 0.526. The smallest absolute Gasteiger partial charge is 0.352 e. The Kier molecular flexibility index (Phi) is 4.30. The molecule has 1 aliphatic rings. The Morgan fingerprint density at radius 2 is 1.96 bits per heavy atom. The maximum absolute atomic E-state index is 12.7. The normalized spacial score (nSPS) is 20.7. The monoisotopic (exact) mass is 355 g/mol. The molecule has 0 unspecified atom stereocenters. The van der Waals surface area contributed by atoms with Crippen LogP contribution in [0.1, 0.15) is 39.5 Å². The third kappa shape index (κ3) is 2.71. The largest absolute Gasteiger partial charge is 0.352 e. The standard InChI is InChI=1S/C19H25N5O2/c1-3-23-19(26)24-16-11-7-6-10-15(16)22(18(24)21-23)12-17(25)20-14-9-5-4-8-13(14)2/h6-7,10-11,13-14H,3-5,8-9,12H2,1-2H3,(H,20,25)/t13-,14+/m1/s1. The lowest BCUT2D eigenvalue weighted by atomic mass is 9.86. The van der Waals surface area contributed by atoms with E-state index in [9.17, 15) is 9.59 Å². The van der Waals surface area contributed by atoms with E-state index in [1.165, 1.54) is 17.5 Å². The van der Waals surface area contributed by atoms with Crippen LogP contribution in [0.15, 0.2) is 29.1 Å². The van der Waals surface area contributed by atoms with Gasteiger partial charge in [-0.3, -0.25) is 9.36 Å². The van der Waals surface area contributed by atoms with Gasteiger partial charge in [0.2, 0.25) is 11.7 Å². The Morgan fingerprint density at radius 3 is 2.69 bits per heavy atom. The molecule has 2 aromatic heterocycles. The third-order valence-corrected chi connectivity index (χ3v) is 5.54. The molecule has 0 radical (unpaired) electrons. The highest BCUT2D eigenvalue weighted by Crippen LogP contribution is 2.24. The maximum atomic E-state index is 12.7. The molecule has 138 valence electrons. The summed E-state index contributed by atoms with van der Waals surface area (Å²) < 4.78 is 4.86. The van der Waals surface area contributed by atoms with Crippen LogP contribution in [0.3, 0.4) is 0 Å². The zero-order chi connectivity index (χ0) is 18.3. The first-order chi connectivity index (χ1) is 12.6. The number of fused-ring (bicyclic) bond motifs is 3. The zero-order valence-electron chi connectivity index (χ0n) is 15.3. The quantitative estimate of drug-likeness (QED) is 0.779. The molecule has 2 heterocycles. The topological polar surface area (TPSA) is 73.3 Å². The van der Waals surface area contributed by atoms with Gasteiger partial charge in [-0.15, -0.1) is 5.10 Å². The predicted octanol–water partition coefficient (Wildman–Crippen LogP) is 2.17. The van der Waals surface area contributed by atoms with Gasteiger partial charge in [0.25, 0.3) is 0 Å². The molecule has 7 nitrogen and oxygen atoms in total. The van der Waals surface area contributed by atoms with Crippen molar-refractivity contribution < 1.29 is 4.79 Å². The average molecular weight is 355 g/mol. The van der Waals surface area contributed by atoms with E-state index in [0.29, 0.717) is 18.2 Å². The van der Waals surface area contributed by atoms with E-state index in [-0.39, 0.29) is 24.2 Å². The number of imidazole rings is 1. The molecular formula is C19H25N5O2. The highest BCUT2D eigenvalue weighted by atomic mass is 16.2. The lowest BCUT2D eigenvalue weighted by Crippen LogP contribution is -2.42. The number of hydrogen-bond acceptors (Lipinski definition) is 3. The van der Waals surface area contributed by atoms with Crippen LogP contribution in [-0.2, 0) is 17.9 Å². The van der Waals surface area contributed by atoms with Gasteiger partial charge in [-0.1, -0.05) is 31.9 Å². The second-order valence-corrected chi connectivity index (χ2v) is 7.24. The Bertz CT molecular complexity index is 1010. The average Bonchev–Trinajstić information content (AvgIpc) is 3.13. The van der Waals surface area contributed by atoms with Gasteiger partial charge in [0.1, 0.15) is 6.54 Å². The Balaban J connectivity index is 1.70. The summed E-state index contributed by atoms with van der Waals surface area (Å²) in [6.45, 7) is 4.76. The van der Waals surface area contributed by atoms with Crippen molar-refractivity contribution in [1.82, 2.24) is 24.1 Å². The fourth-order valence-corrected chi connectivity index (χ4v) is 4.06. The summed E-state index contributed by atoms with van der Waals surface area (Å²) in [5.74, 6) is 1.01. The van der Waals surface area contributed by atoms with Crippen molar-refractivity contribution in [2.45, 2.75) is 58.7 Å². The molecule has 7 heteroatoms. The van der Waals surface area contributed by atoms with Crippen LogP contribution in [0.25, 0.3) is 16.8 Å². The number of benzene rings is 1. The highest BCUT2D eigenvalue weighted by molar-refractivity contribution is 5.84. The Morgan fingerprint density at radius 1 is 1.23 bits per heavy atom. The van der Waals surface area contributed by atoms with E-state index in [2.05, 4.69) is 17.3 Å². The number of aryl methyl sites for hydroxylation is 1. The molecule has 3 aromatic rings. The third-order valence-electron chi connectivity index (χ3n) is 5.54. The van der Waals surface area contributed by atoms with Gasteiger partial charge in [-0.05, 0) is 37.8 Å². The number of hydrogen-bond donors (Lipinski definition) is 1. The molecule has 0 bridgehead atoms. The van der Waals surface area contributed by atoms with Crippen molar-refractivity contribution in [3.63, 3.8) is 0 Å². The SMILES string of the molecule is CCn1nc2n(CC(=O)N[C@H]3CCCC[C@H]3C)c3ccccc3n2c1=O. The van der Waals surface area contributed by atoms with Crippen LogP contribution in [0.4, 0.5) is 0 Å². The molecule has 1 aliphatic carbocycles. The van der Waals surface area contributed by atoms with Crippen LogP contribution in [0, 0.1) is 5.92 Å². The summed E-state index contributed by atoms with van der Waals surface area (Å²) in [7, 11) is 0. The first-order valence-electron chi connectivity index (χ1n) is 9.46. The summed E-state index contributed by atoms with van der Waals surface area (Å²) in [5.41, 5.74) is 1.46. The molecule has 0 saturated heterocycles. The molecule has 1 amide bonds. The summed E-state index contributed by atoms with van der Waals surface area (Å²) >= 11 is 0. The number of amides is 1. The molecular weight excluding hydrogens is 330 g/mol. The first kappa shape index (κ1) is 16.9. The van der Waals surface area contributed by atoms with Crippen LogP contribution < -0.4 is 11.0 Å². The minimum absolute atomic E-state index is 0.0227. The van der Waals surface area contributed by atoms with Crippen molar-refractivity contribution in [2.75, 3.05) is 0 Å². The Labute approximate surface area is 151 Å². The van der Waals surface area contributed by atoms with Crippen molar-refractivity contribution in [3.05, 3.63) is 34.7 Å². The highest BCUT2D eigenvalue weighted by Gasteiger charge is 2.24. The van der Waals surface area contributed by atoms with Gasteiger partial charge in [-0.25, -0.2) is 13.9 Å². The number of para-hydroxylation sites is 2. The van der Waals surface area contributed by atoms with Gasteiger partial charge >= 0.3 is 5.69 Å². The molecule has 4 rings (SSSR count). The summed E-state index contributed by atoms with van der Waals surface area (Å²) in [6.07, 6.45) is 4.62. The van der Waals surface area contributed by atoms with E-state index in [4.69, 9.17) is 0 Å². The summed E-state index contributed by atoms with van der Waals surface area (Å²) in [4.78, 5) is 25.3.